The van der Waals surface area contributed by atoms with Gasteiger partial charge in [0.2, 0.25) is 0 Å². The Hall–Kier alpha value is -1.54. The van der Waals surface area contributed by atoms with Crippen LogP contribution in [0.3, 0.4) is 0 Å². The molecule has 0 radical (unpaired) electrons. The lowest BCUT2D eigenvalue weighted by Crippen LogP contribution is -2.34. The first-order valence-corrected chi connectivity index (χ1v) is 5.45. The maximum absolute atomic E-state index is 8.65. The third-order valence-corrected chi connectivity index (χ3v) is 2.69. The number of hydrogen-bond donors (Lipinski definition) is 1. The summed E-state index contributed by atoms with van der Waals surface area (Å²) in [4.78, 5) is 8.65. The van der Waals surface area contributed by atoms with E-state index in [1.807, 2.05) is 6.07 Å². The standard InChI is InChI=1S/C11H19N5/c1-14-11(8-10(13)9-12)16-5-3-4-15(2)6-7-16/h8H,3-7,13H2,1-2H3. The lowest BCUT2D eigenvalue weighted by atomic mass is 10.3. The second-order valence-corrected chi connectivity index (χ2v) is 3.94. The number of aliphatic imine (C=N–C) groups is 1. The molecule has 0 aromatic rings. The number of allylic oxidation sites excluding steroid dienone is 1. The van der Waals surface area contributed by atoms with E-state index in [0.29, 0.717) is 0 Å². The summed E-state index contributed by atoms with van der Waals surface area (Å²) in [5.74, 6) is 0.800. The van der Waals surface area contributed by atoms with E-state index < -0.39 is 0 Å². The summed E-state index contributed by atoms with van der Waals surface area (Å²) in [6.07, 6.45) is 2.75. The van der Waals surface area contributed by atoms with E-state index in [1.165, 1.54) is 0 Å². The van der Waals surface area contributed by atoms with Crippen LogP contribution in [0.5, 0.6) is 0 Å². The van der Waals surface area contributed by atoms with E-state index in [2.05, 4.69) is 21.8 Å². The third-order valence-electron chi connectivity index (χ3n) is 2.69. The van der Waals surface area contributed by atoms with Gasteiger partial charge in [0.15, 0.2) is 0 Å². The minimum atomic E-state index is 0.207. The van der Waals surface area contributed by atoms with Crippen molar-refractivity contribution >= 4 is 5.84 Å². The Morgan fingerprint density at radius 3 is 2.75 bits per heavy atom. The van der Waals surface area contributed by atoms with Crippen molar-refractivity contribution in [1.82, 2.24) is 9.80 Å². The summed E-state index contributed by atoms with van der Waals surface area (Å²) in [7, 11) is 3.84. The van der Waals surface area contributed by atoms with Crippen LogP contribution in [-0.2, 0) is 0 Å². The molecule has 0 spiro atoms. The van der Waals surface area contributed by atoms with E-state index in [9.17, 15) is 0 Å². The first-order valence-electron chi connectivity index (χ1n) is 5.45. The van der Waals surface area contributed by atoms with Crippen LogP contribution in [0.4, 0.5) is 0 Å². The summed E-state index contributed by atoms with van der Waals surface area (Å²) in [6.45, 7) is 4.01. The molecule has 5 heteroatoms. The van der Waals surface area contributed by atoms with Gasteiger partial charge in [-0.1, -0.05) is 0 Å². The third kappa shape index (κ3) is 3.55. The molecule has 0 bridgehead atoms. The van der Waals surface area contributed by atoms with Gasteiger partial charge in [-0.05, 0) is 20.0 Å². The quantitative estimate of drug-likeness (QED) is 0.385. The Kier molecular flexibility index (Phi) is 4.80. The minimum absolute atomic E-state index is 0.207. The molecule has 5 nitrogen and oxygen atoms in total. The Balaban J connectivity index is 2.71. The van der Waals surface area contributed by atoms with Crippen molar-refractivity contribution in [1.29, 1.82) is 5.26 Å². The fraction of sp³-hybridized carbons (Fsp3) is 0.636. The maximum Gasteiger partial charge on any atom is 0.126 e. The zero-order chi connectivity index (χ0) is 12.0. The first kappa shape index (κ1) is 12.5. The van der Waals surface area contributed by atoms with Gasteiger partial charge in [-0.2, -0.15) is 5.26 Å². The Morgan fingerprint density at radius 2 is 2.12 bits per heavy atom. The van der Waals surface area contributed by atoms with Gasteiger partial charge in [0.1, 0.15) is 17.6 Å². The molecular weight excluding hydrogens is 202 g/mol. The Bertz CT molecular complexity index is 326. The maximum atomic E-state index is 8.65. The van der Waals surface area contributed by atoms with Crippen LogP contribution >= 0.6 is 0 Å². The van der Waals surface area contributed by atoms with Gasteiger partial charge in [-0.25, -0.2) is 0 Å². The highest BCUT2D eigenvalue weighted by atomic mass is 15.2. The summed E-state index contributed by atoms with van der Waals surface area (Å²) in [5.41, 5.74) is 5.71. The van der Waals surface area contributed by atoms with Gasteiger partial charge in [0.25, 0.3) is 0 Å². The molecule has 1 fully saturated rings. The number of likely N-dealkylation sites (N-methyl/N-ethyl adjacent to an activating group) is 1. The van der Waals surface area contributed by atoms with Gasteiger partial charge in [0.05, 0.1) is 0 Å². The molecular formula is C11H19N5. The number of nitriles is 1. The van der Waals surface area contributed by atoms with Gasteiger partial charge in [-0.15, -0.1) is 0 Å². The van der Waals surface area contributed by atoms with Crippen molar-refractivity contribution in [3.8, 4) is 6.07 Å². The van der Waals surface area contributed by atoms with Crippen LogP contribution in [0.25, 0.3) is 0 Å². The average molecular weight is 221 g/mol. The van der Waals surface area contributed by atoms with Crippen LogP contribution in [0, 0.1) is 11.3 Å². The molecule has 1 rings (SSSR count). The van der Waals surface area contributed by atoms with Crippen LogP contribution < -0.4 is 5.73 Å². The highest BCUT2D eigenvalue weighted by Gasteiger charge is 2.14. The molecule has 0 atom stereocenters. The number of nitrogens with zero attached hydrogens (tertiary/aromatic N) is 4. The SMILES string of the molecule is CN=C(C=C(N)C#N)N1CCCN(C)CC1. The van der Waals surface area contributed by atoms with Crippen LogP contribution in [0.2, 0.25) is 0 Å². The van der Waals surface area contributed by atoms with E-state index in [4.69, 9.17) is 11.0 Å². The monoisotopic (exact) mass is 221 g/mol. The molecule has 0 aliphatic carbocycles. The van der Waals surface area contributed by atoms with E-state index in [-0.39, 0.29) is 5.70 Å². The molecule has 0 saturated carbocycles. The molecule has 88 valence electrons. The van der Waals surface area contributed by atoms with Gasteiger partial charge >= 0.3 is 0 Å². The number of hydrogen-bond acceptors (Lipinski definition) is 4. The Labute approximate surface area is 96.8 Å². The molecule has 1 aliphatic rings. The topological polar surface area (TPSA) is 68.6 Å². The van der Waals surface area contributed by atoms with Crippen molar-refractivity contribution < 1.29 is 0 Å². The average Bonchev–Trinajstić information content (AvgIpc) is 2.50. The fourth-order valence-electron chi connectivity index (χ4n) is 1.74. The van der Waals surface area contributed by atoms with E-state index >= 15 is 0 Å². The normalized spacial score (nSPS) is 20.4. The summed E-state index contributed by atoms with van der Waals surface area (Å²) in [6, 6.07) is 1.91. The molecule has 1 heterocycles. The molecule has 0 unspecified atom stereocenters. The van der Waals surface area contributed by atoms with Crippen LogP contribution in [0.15, 0.2) is 16.8 Å². The highest BCUT2D eigenvalue weighted by Crippen LogP contribution is 2.03. The van der Waals surface area contributed by atoms with E-state index in [0.717, 1.165) is 38.4 Å². The van der Waals surface area contributed by atoms with E-state index in [1.54, 1.807) is 13.1 Å². The van der Waals surface area contributed by atoms with Crippen molar-refractivity contribution in [2.24, 2.45) is 10.7 Å². The molecule has 0 aromatic carbocycles. The Morgan fingerprint density at radius 1 is 1.38 bits per heavy atom. The second kappa shape index (κ2) is 6.13. The zero-order valence-corrected chi connectivity index (χ0v) is 9.98. The van der Waals surface area contributed by atoms with Gasteiger partial charge in [0, 0.05) is 32.8 Å². The molecule has 0 amide bonds. The molecule has 2 N–H and O–H groups in total. The lowest BCUT2D eigenvalue weighted by molar-refractivity contribution is 0.346. The van der Waals surface area contributed by atoms with Crippen molar-refractivity contribution in [3.63, 3.8) is 0 Å². The predicted molar refractivity (Wildman–Crippen MR) is 64.9 cm³/mol. The van der Waals surface area contributed by atoms with Crippen molar-refractivity contribution in [2.45, 2.75) is 6.42 Å². The highest BCUT2D eigenvalue weighted by molar-refractivity contribution is 5.93. The smallest absolute Gasteiger partial charge is 0.126 e. The minimum Gasteiger partial charge on any atom is -0.390 e. The number of rotatable bonds is 1. The van der Waals surface area contributed by atoms with Crippen LogP contribution in [0.1, 0.15) is 6.42 Å². The number of nitrogens with two attached hydrogens (primary N) is 1. The summed E-state index contributed by atoms with van der Waals surface area (Å²) in [5, 5.41) is 8.65. The molecule has 0 aromatic heterocycles. The van der Waals surface area contributed by atoms with Crippen LogP contribution in [-0.4, -0.2) is 55.9 Å². The summed E-state index contributed by atoms with van der Waals surface area (Å²) < 4.78 is 0. The summed E-state index contributed by atoms with van der Waals surface area (Å²) >= 11 is 0. The lowest BCUT2D eigenvalue weighted by Gasteiger charge is -2.22. The number of amidine groups is 1. The molecule has 1 saturated heterocycles. The van der Waals surface area contributed by atoms with Gasteiger partial charge < -0.3 is 15.5 Å². The largest absolute Gasteiger partial charge is 0.390 e. The fourth-order valence-corrected chi connectivity index (χ4v) is 1.74. The predicted octanol–water partition coefficient (Wildman–Crippen LogP) is 0.0184. The first-order chi connectivity index (χ1) is 7.67. The molecule has 16 heavy (non-hydrogen) atoms. The molecule has 1 aliphatic heterocycles. The van der Waals surface area contributed by atoms with Crippen molar-refractivity contribution in [3.05, 3.63) is 11.8 Å². The van der Waals surface area contributed by atoms with Gasteiger partial charge in [-0.3, -0.25) is 4.99 Å². The second-order valence-electron chi connectivity index (χ2n) is 3.94. The zero-order valence-electron chi connectivity index (χ0n) is 9.98. The van der Waals surface area contributed by atoms with Crippen molar-refractivity contribution in [2.75, 3.05) is 40.3 Å².